The first-order valence-electron chi connectivity index (χ1n) is 9.75. The van der Waals surface area contributed by atoms with Crippen molar-refractivity contribution in [3.05, 3.63) is 29.3 Å². The van der Waals surface area contributed by atoms with Gasteiger partial charge < -0.3 is 19.7 Å². The van der Waals surface area contributed by atoms with Crippen molar-refractivity contribution in [2.24, 2.45) is 4.99 Å². The number of anilines is 1. The third-order valence-corrected chi connectivity index (χ3v) is 5.11. The molecule has 1 atom stereocenters. The predicted molar refractivity (Wildman–Crippen MR) is 109 cm³/mol. The fraction of sp³-hybridized carbons (Fsp3) is 0.400. The topological polar surface area (TPSA) is 118 Å². The highest BCUT2D eigenvalue weighted by Crippen LogP contribution is 2.30. The summed E-state index contributed by atoms with van der Waals surface area (Å²) in [6, 6.07) is 5.20. The Morgan fingerprint density at radius 1 is 1.33 bits per heavy atom. The maximum atomic E-state index is 12.7. The van der Waals surface area contributed by atoms with Gasteiger partial charge in [-0.25, -0.2) is 4.99 Å². The van der Waals surface area contributed by atoms with E-state index in [1.165, 1.54) is 6.21 Å². The Hall–Kier alpha value is -3.24. The van der Waals surface area contributed by atoms with E-state index in [9.17, 15) is 14.8 Å². The molecule has 3 N–H and O–H groups in total. The van der Waals surface area contributed by atoms with Crippen molar-refractivity contribution in [3.63, 3.8) is 0 Å². The summed E-state index contributed by atoms with van der Waals surface area (Å²) in [4.78, 5) is 34.2. The lowest BCUT2D eigenvalue weighted by atomic mass is 10.0. The molecule has 4 rings (SSSR count). The van der Waals surface area contributed by atoms with Gasteiger partial charge in [0.2, 0.25) is 6.21 Å². The highest BCUT2D eigenvalue weighted by molar-refractivity contribution is 6.33. The van der Waals surface area contributed by atoms with Crippen molar-refractivity contribution in [1.82, 2.24) is 10.2 Å². The van der Waals surface area contributed by atoms with Gasteiger partial charge in [-0.2, -0.15) is 4.99 Å². The number of hydrogen-bond acceptors (Lipinski definition) is 7. The second-order valence-electron chi connectivity index (χ2n) is 7.13. The van der Waals surface area contributed by atoms with Gasteiger partial charge in [0.1, 0.15) is 5.75 Å². The standard InChI is InChI=1S/C20H23N5O5/c1-29-15-3-4-16-13(10-15)9-14(12-25(16)28)19(26)23-17-11-21-18(22-17)20(27)24-5-2-7-30-8-6-24/h3-4,9-11,18,28H,2,5-8,12H2,1H3,(H,22,23,26)/p+1. The minimum atomic E-state index is -0.766. The Kier molecular flexibility index (Phi) is 5.77. The predicted octanol–water partition coefficient (Wildman–Crippen LogP) is -1.46. The average molecular weight is 414 g/mol. The number of rotatable bonds is 3. The quantitative estimate of drug-likeness (QED) is 0.557. The number of hydrogen-bond donors (Lipinski definition) is 3. The number of aliphatic imine (C=N–C) groups is 1. The third kappa shape index (κ3) is 4.19. The molecule has 1 aromatic carbocycles. The van der Waals surface area contributed by atoms with Crippen LogP contribution in [0.2, 0.25) is 0 Å². The van der Waals surface area contributed by atoms with Crippen LogP contribution in [0.1, 0.15) is 12.0 Å². The van der Waals surface area contributed by atoms with Crippen LogP contribution in [-0.4, -0.2) is 80.1 Å². The molecule has 158 valence electrons. The number of amidine groups is 1. The number of fused-ring (bicyclic) bond motifs is 1. The van der Waals surface area contributed by atoms with Crippen LogP contribution in [0, 0.1) is 0 Å². The highest BCUT2D eigenvalue weighted by Gasteiger charge is 2.32. The fourth-order valence-corrected chi connectivity index (χ4v) is 3.53. The smallest absolute Gasteiger partial charge is 0.326 e. The molecule has 0 aliphatic carbocycles. The summed E-state index contributed by atoms with van der Waals surface area (Å²) in [5.74, 6) is 0.334. The van der Waals surface area contributed by atoms with E-state index in [0.29, 0.717) is 48.9 Å². The van der Waals surface area contributed by atoms with E-state index in [1.54, 1.807) is 36.3 Å². The molecule has 0 spiro atoms. The average Bonchev–Trinajstić information content (AvgIpc) is 3.04. The first kappa shape index (κ1) is 20.0. The van der Waals surface area contributed by atoms with Crippen molar-refractivity contribution in [1.29, 1.82) is 0 Å². The van der Waals surface area contributed by atoms with Gasteiger partial charge in [-0.1, -0.05) is 0 Å². The Morgan fingerprint density at radius 3 is 3.03 bits per heavy atom. The molecule has 0 saturated carbocycles. The molecule has 10 heteroatoms. The van der Waals surface area contributed by atoms with E-state index in [4.69, 9.17) is 9.47 Å². The van der Waals surface area contributed by atoms with Crippen LogP contribution in [-0.2, 0) is 14.3 Å². The maximum Gasteiger partial charge on any atom is 0.326 e. The number of amides is 2. The molecule has 3 aliphatic heterocycles. The minimum absolute atomic E-state index is 0.0298. The van der Waals surface area contributed by atoms with E-state index in [2.05, 4.69) is 15.3 Å². The Labute approximate surface area is 173 Å². The van der Waals surface area contributed by atoms with Crippen molar-refractivity contribution in [3.8, 4) is 5.75 Å². The summed E-state index contributed by atoms with van der Waals surface area (Å²) in [6.45, 7) is 2.33. The van der Waals surface area contributed by atoms with Crippen LogP contribution in [0.5, 0.6) is 5.75 Å². The van der Waals surface area contributed by atoms with Crippen LogP contribution >= 0.6 is 0 Å². The lowest BCUT2D eigenvalue weighted by molar-refractivity contribution is -0.476. The first-order chi connectivity index (χ1) is 14.5. The normalized spacial score (nSPS) is 20.8. The van der Waals surface area contributed by atoms with Crippen molar-refractivity contribution < 1.29 is 29.3 Å². The van der Waals surface area contributed by atoms with Crippen molar-refractivity contribution in [2.45, 2.75) is 12.6 Å². The summed E-state index contributed by atoms with van der Waals surface area (Å²) in [5, 5.41) is 13.9. The molecule has 3 aliphatic rings. The summed E-state index contributed by atoms with van der Waals surface area (Å²) in [5.41, 5.74) is 1.61. The second-order valence-corrected chi connectivity index (χ2v) is 7.13. The molecule has 1 saturated heterocycles. The van der Waals surface area contributed by atoms with E-state index in [-0.39, 0.29) is 18.3 Å². The summed E-state index contributed by atoms with van der Waals surface area (Å²) < 4.78 is 10.6. The van der Waals surface area contributed by atoms with Gasteiger partial charge in [0.05, 0.1) is 25.9 Å². The molecular formula is C20H24N5O5+. The number of methoxy groups -OCH3 is 1. The summed E-state index contributed by atoms with van der Waals surface area (Å²) in [6.07, 6.45) is 3.22. The Balaban J connectivity index is 1.44. The number of hydroxylamine groups is 1. The fourth-order valence-electron chi connectivity index (χ4n) is 3.53. The molecule has 0 radical (unpaired) electrons. The van der Waals surface area contributed by atoms with Gasteiger partial charge in [-0.05, 0) is 30.7 Å². The molecule has 3 heterocycles. The van der Waals surface area contributed by atoms with E-state index < -0.39 is 12.1 Å². The van der Waals surface area contributed by atoms with Gasteiger partial charge in [-0.3, -0.25) is 19.9 Å². The van der Waals surface area contributed by atoms with Crippen LogP contribution in [0.3, 0.4) is 0 Å². The monoisotopic (exact) mass is 414 g/mol. The number of carbonyl (C=O) groups is 2. The van der Waals surface area contributed by atoms with Crippen LogP contribution in [0.15, 0.2) is 28.8 Å². The minimum Gasteiger partial charge on any atom is -0.497 e. The summed E-state index contributed by atoms with van der Waals surface area (Å²) >= 11 is 0. The van der Waals surface area contributed by atoms with E-state index >= 15 is 0 Å². The largest absolute Gasteiger partial charge is 0.497 e. The van der Waals surface area contributed by atoms with Gasteiger partial charge in [-0.15, -0.1) is 0 Å². The highest BCUT2D eigenvalue weighted by atomic mass is 16.5. The van der Waals surface area contributed by atoms with Crippen molar-refractivity contribution >= 4 is 35.6 Å². The zero-order valence-corrected chi connectivity index (χ0v) is 16.6. The Morgan fingerprint density at radius 2 is 2.20 bits per heavy atom. The van der Waals surface area contributed by atoms with Crippen LogP contribution in [0.25, 0.3) is 6.08 Å². The molecular weight excluding hydrogens is 390 g/mol. The zero-order valence-electron chi connectivity index (χ0n) is 16.6. The molecule has 0 aromatic heterocycles. The number of nitrogens with zero attached hydrogens (tertiary/aromatic N) is 3. The summed E-state index contributed by atoms with van der Waals surface area (Å²) in [7, 11) is 1.55. The van der Waals surface area contributed by atoms with E-state index in [0.717, 1.165) is 11.5 Å². The molecule has 0 bridgehead atoms. The zero-order chi connectivity index (χ0) is 21.1. The van der Waals surface area contributed by atoms with Crippen LogP contribution < -0.4 is 20.1 Å². The molecule has 10 nitrogen and oxygen atoms in total. The lowest BCUT2D eigenvalue weighted by Crippen LogP contribution is -2.78. The number of ether oxygens (including phenoxy) is 2. The molecule has 1 aromatic rings. The molecule has 30 heavy (non-hydrogen) atoms. The Bertz CT molecular complexity index is 934. The second kappa shape index (κ2) is 8.64. The van der Waals surface area contributed by atoms with Crippen molar-refractivity contribution in [2.75, 3.05) is 45.0 Å². The molecule has 1 fully saturated rings. The molecule has 1 unspecified atom stereocenters. The number of carbonyl (C=O) groups excluding carboxylic acids is 2. The first-order valence-corrected chi connectivity index (χ1v) is 9.75. The van der Waals surface area contributed by atoms with Gasteiger partial charge in [0, 0.05) is 30.8 Å². The number of benzene rings is 1. The third-order valence-electron chi connectivity index (χ3n) is 5.11. The van der Waals surface area contributed by atoms with E-state index in [1.807, 2.05) is 0 Å². The van der Waals surface area contributed by atoms with Gasteiger partial charge >= 0.3 is 12.1 Å². The number of nitrogens with one attached hydrogen (secondary N) is 2. The van der Waals surface area contributed by atoms with Gasteiger partial charge in [0.15, 0.2) is 5.84 Å². The lowest BCUT2D eigenvalue weighted by Gasteiger charge is -2.25. The molecule has 2 amide bonds. The SMILES string of the molecule is COc1ccc2c(c1)C=C(C(=O)NC1=NC(C(=O)N3CCCOCC3)[NH+]=C1)CN2O. The van der Waals surface area contributed by atoms with Gasteiger partial charge in [0.25, 0.3) is 5.91 Å². The van der Waals surface area contributed by atoms with Crippen LogP contribution in [0.4, 0.5) is 5.69 Å². The maximum absolute atomic E-state index is 12.7.